The van der Waals surface area contributed by atoms with Crippen molar-refractivity contribution in [1.82, 2.24) is 14.8 Å². The summed E-state index contributed by atoms with van der Waals surface area (Å²) < 4.78 is 5.82. The van der Waals surface area contributed by atoms with Crippen LogP contribution in [0.15, 0.2) is 0 Å². The van der Waals surface area contributed by atoms with E-state index in [9.17, 15) is 9.59 Å². The summed E-state index contributed by atoms with van der Waals surface area (Å²) in [6, 6.07) is 0.192. The van der Waals surface area contributed by atoms with Crippen LogP contribution in [0.3, 0.4) is 0 Å². The van der Waals surface area contributed by atoms with Crippen molar-refractivity contribution in [3.63, 3.8) is 0 Å². The first kappa shape index (κ1) is 17.8. The van der Waals surface area contributed by atoms with Gasteiger partial charge in [0.05, 0.1) is 17.2 Å². The SMILES string of the molecule is Cc1nc(C)c(C(=O)N2CCC(N3CC4(CCCCC4)OC3=O)CC2)s1. The number of carbonyl (C=O) groups is 2. The van der Waals surface area contributed by atoms with Gasteiger partial charge in [-0.1, -0.05) is 6.42 Å². The number of amides is 2. The molecule has 1 spiro atoms. The lowest BCUT2D eigenvalue weighted by Gasteiger charge is -2.36. The molecule has 0 atom stereocenters. The molecule has 1 aliphatic carbocycles. The molecule has 6 nitrogen and oxygen atoms in total. The number of ether oxygens (including phenoxy) is 1. The first-order valence-electron chi connectivity index (χ1n) is 9.70. The van der Waals surface area contributed by atoms with Crippen molar-refractivity contribution in [3.05, 3.63) is 15.6 Å². The molecule has 0 bridgehead atoms. The van der Waals surface area contributed by atoms with Crippen molar-refractivity contribution in [1.29, 1.82) is 0 Å². The van der Waals surface area contributed by atoms with Crippen LogP contribution in [0, 0.1) is 13.8 Å². The monoisotopic (exact) mass is 377 g/mol. The van der Waals surface area contributed by atoms with E-state index in [-0.39, 0.29) is 23.6 Å². The number of piperidine rings is 1. The Balaban J connectivity index is 1.37. The number of carbonyl (C=O) groups excluding carboxylic acids is 2. The van der Waals surface area contributed by atoms with E-state index in [0.717, 1.165) is 60.6 Å². The Morgan fingerprint density at radius 3 is 2.50 bits per heavy atom. The summed E-state index contributed by atoms with van der Waals surface area (Å²) in [5.74, 6) is 0.0827. The van der Waals surface area contributed by atoms with Gasteiger partial charge in [0.15, 0.2) is 0 Å². The third-order valence-corrected chi connectivity index (χ3v) is 7.11. The molecule has 26 heavy (non-hydrogen) atoms. The maximum atomic E-state index is 12.8. The molecule has 3 fully saturated rings. The summed E-state index contributed by atoms with van der Waals surface area (Å²) in [7, 11) is 0. The minimum absolute atomic E-state index is 0.0827. The highest BCUT2D eigenvalue weighted by Crippen LogP contribution is 2.38. The van der Waals surface area contributed by atoms with Gasteiger partial charge in [-0.05, 0) is 52.4 Å². The fourth-order valence-electron chi connectivity index (χ4n) is 4.64. The number of nitrogens with zero attached hydrogens (tertiary/aromatic N) is 3. The molecule has 7 heteroatoms. The smallest absolute Gasteiger partial charge is 0.410 e. The van der Waals surface area contributed by atoms with Gasteiger partial charge in [0.25, 0.3) is 5.91 Å². The summed E-state index contributed by atoms with van der Waals surface area (Å²) in [5, 5.41) is 0.929. The predicted octanol–water partition coefficient (Wildman–Crippen LogP) is 3.52. The lowest BCUT2D eigenvalue weighted by atomic mass is 9.84. The zero-order chi connectivity index (χ0) is 18.3. The summed E-state index contributed by atoms with van der Waals surface area (Å²) >= 11 is 1.47. The Hall–Kier alpha value is -1.63. The molecule has 0 aromatic carbocycles. The second-order valence-electron chi connectivity index (χ2n) is 7.91. The average Bonchev–Trinajstić information content (AvgIpc) is 3.14. The van der Waals surface area contributed by atoms with E-state index in [2.05, 4.69) is 4.98 Å². The van der Waals surface area contributed by atoms with Gasteiger partial charge in [-0.3, -0.25) is 4.79 Å². The van der Waals surface area contributed by atoms with Crippen molar-refractivity contribution in [2.24, 2.45) is 0 Å². The van der Waals surface area contributed by atoms with Gasteiger partial charge in [0, 0.05) is 19.1 Å². The van der Waals surface area contributed by atoms with E-state index < -0.39 is 0 Å². The van der Waals surface area contributed by atoms with Crippen LogP contribution in [-0.2, 0) is 4.74 Å². The average molecular weight is 378 g/mol. The Morgan fingerprint density at radius 1 is 1.19 bits per heavy atom. The van der Waals surface area contributed by atoms with Crippen LogP contribution >= 0.6 is 11.3 Å². The van der Waals surface area contributed by atoms with Gasteiger partial charge in [-0.25, -0.2) is 9.78 Å². The Kier molecular flexibility index (Phi) is 4.67. The number of aryl methyl sites for hydroxylation is 2. The van der Waals surface area contributed by atoms with Crippen molar-refractivity contribution in [2.45, 2.75) is 70.4 Å². The van der Waals surface area contributed by atoms with E-state index >= 15 is 0 Å². The standard InChI is InChI=1S/C19H27N3O3S/c1-13-16(26-14(2)20-13)17(23)21-10-6-15(7-11-21)22-12-19(25-18(22)24)8-4-3-5-9-19/h15H,3-12H2,1-2H3. The highest BCUT2D eigenvalue weighted by Gasteiger charge is 2.48. The number of thiazole rings is 1. The summed E-state index contributed by atoms with van der Waals surface area (Å²) in [4.78, 5) is 34.2. The van der Waals surface area contributed by atoms with Crippen LogP contribution < -0.4 is 0 Å². The minimum atomic E-state index is -0.237. The first-order valence-corrected chi connectivity index (χ1v) is 10.5. The van der Waals surface area contributed by atoms with Crippen molar-refractivity contribution >= 4 is 23.3 Å². The molecule has 1 aromatic heterocycles. The van der Waals surface area contributed by atoms with E-state index in [1.807, 2.05) is 23.6 Å². The Bertz CT molecular complexity index is 703. The molecule has 0 radical (unpaired) electrons. The Morgan fingerprint density at radius 2 is 1.88 bits per heavy atom. The van der Waals surface area contributed by atoms with Gasteiger partial charge in [-0.2, -0.15) is 0 Å². The maximum Gasteiger partial charge on any atom is 0.410 e. The van der Waals surface area contributed by atoms with Crippen LogP contribution in [0.4, 0.5) is 4.79 Å². The molecule has 0 N–H and O–H groups in total. The van der Waals surface area contributed by atoms with Gasteiger partial charge >= 0.3 is 6.09 Å². The number of aromatic nitrogens is 1. The molecule has 1 saturated carbocycles. The zero-order valence-electron chi connectivity index (χ0n) is 15.6. The van der Waals surface area contributed by atoms with Crippen molar-refractivity contribution < 1.29 is 14.3 Å². The molecule has 3 aliphatic rings. The zero-order valence-corrected chi connectivity index (χ0v) is 16.4. The molecule has 3 heterocycles. The van der Waals surface area contributed by atoms with Crippen molar-refractivity contribution in [3.8, 4) is 0 Å². The van der Waals surface area contributed by atoms with Crippen LogP contribution in [0.2, 0.25) is 0 Å². The number of hydrogen-bond donors (Lipinski definition) is 0. The lowest BCUT2D eigenvalue weighted by Crippen LogP contribution is -2.48. The topological polar surface area (TPSA) is 62.7 Å². The van der Waals surface area contributed by atoms with E-state index in [1.165, 1.54) is 17.8 Å². The lowest BCUT2D eigenvalue weighted by molar-refractivity contribution is 0.0259. The molecule has 2 saturated heterocycles. The molecule has 2 amide bonds. The molecule has 1 aromatic rings. The molecular weight excluding hydrogens is 350 g/mol. The molecular formula is C19H27N3O3S. The maximum absolute atomic E-state index is 12.8. The number of hydrogen-bond acceptors (Lipinski definition) is 5. The van der Waals surface area contributed by atoms with E-state index in [4.69, 9.17) is 4.74 Å². The van der Waals surface area contributed by atoms with Gasteiger partial charge in [0.1, 0.15) is 10.5 Å². The second-order valence-corrected chi connectivity index (χ2v) is 9.11. The number of likely N-dealkylation sites (tertiary alicyclic amines) is 1. The fraction of sp³-hybridized carbons (Fsp3) is 0.737. The van der Waals surface area contributed by atoms with Crippen molar-refractivity contribution in [2.75, 3.05) is 19.6 Å². The van der Waals surface area contributed by atoms with Crippen LogP contribution in [0.5, 0.6) is 0 Å². The molecule has 142 valence electrons. The third-order valence-electron chi connectivity index (χ3n) is 6.05. The normalized spacial score (nSPS) is 23.5. The molecule has 0 unspecified atom stereocenters. The van der Waals surface area contributed by atoms with Gasteiger partial charge in [0.2, 0.25) is 0 Å². The van der Waals surface area contributed by atoms with Crippen LogP contribution in [0.25, 0.3) is 0 Å². The second kappa shape index (κ2) is 6.83. The van der Waals surface area contributed by atoms with Gasteiger partial charge in [-0.15, -0.1) is 11.3 Å². The minimum Gasteiger partial charge on any atom is -0.441 e. The van der Waals surface area contributed by atoms with E-state index in [0.29, 0.717) is 13.1 Å². The molecule has 2 aliphatic heterocycles. The van der Waals surface area contributed by atoms with E-state index in [1.54, 1.807) is 0 Å². The fourth-order valence-corrected chi connectivity index (χ4v) is 5.53. The highest BCUT2D eigenvalue weighted by atomic mass is 32.1. The van der Waals surface area contributed by atoms with Crippen LogP contribution in [-0.4, -0.2) is 58.1 Å². The molecule has 4 rings (SSSR count). The third kappa shape index (κ3) is 3.21. The van der Waals surface area contributed by atoms with Crippen LogP contribution in [0.1, 0.15) is 65.3 Å². The largest absolute Gasteiger partial charge is 0.441 e. The summed E-state index contributed by atoms with van der Waals surface area (Å²) in [6.45, 7) is 5.94. The number of rotatable bonds is 2. The van der Waals surface area contributed by atoms with Gasteiger partial charge < -0.3 is 14.5 Å². The Labute approximate surface area is 158 Å². The predicted molar refractivity (Wildman–Crippen MR) is 99.5 cm³/mol. The quantitative estimate of drug-likeness (QED) is 0.791. The summed E-state index contributed by atoms with van der Waals surface area (Å²) in [6.07, 6.45) is 7.06. The highest BCUT2D eigenvalue weighted by molar-refractivity contribution is 7.13. The first-order chi connectivity index (χ1) is 12.5. The summed E-state index contributed by atoms with van der Waals surface area (Å²) in [5.41, 5.74) is 0.585.